The van der Waals surface area contributed by atoms with E-state index in [1.165, 1.54) is 0 Å². The summed E-state index contributed by atoms with van der Waals surface area (Å²) in [6.45, 7) is 6.02. The van der Waals surface area contributed by atoms with Crippen LogP contribution in [0.3, 0.4) is 0 Å². The first-order chi connectivity index (χ1) is 9.56. The molecule has 1 aromatic rings. The van der Waals surface area contributed by atoms with Crippen LogP contribution < -0.4 is 10.1 Å². The molecule has 0 unspecified atom stereocenters. The molecular weight excluding hydrogens is 256 g/mol. The van der Waals surface area contributed by atoms with E-state index in [0.29, 0.717) is 6.54 Å². The van der Waals surface area contributed by atoms with Crippen molar-refractivity contribution in [2.24, 2.45) is 0 Å². The number of hydrogen-bond acceptors (Lipinski definition) is 4. The van der Waals surface area contributed by atoms with E-state index < -0.39 is 0 Å². The summed E-state index contributed by atoms with van der Waals surface area (Å²) in [5.74, 6) is 0.718. The van der Waals surface area contributed by atoms with Crippen LogP contribution in [0.25, 0.3) is 0 Å². The minimum atomic E-state index is -0.0143. The number of nitrogens with zero attached hydrogens (tertiary/aromatic N) is 1. The summed E-state index contributed by atoms with van der Waals surface area (Å²) in [7, 11) is 1.61. The number of ether oxygens (including phenoxy) is 2. The van der Waals surface area contributed by atoms with Gasteiger partial charge in [0.1, 0.15) is 5.75 Å². The second-order valence-electron chi connectivity index (χ2n) is 5.23. The quantitative estimate of drug-likeness (QED) is 0.911. The van der Waals surface area contributed by atoms with Gasteiger partial charge in [-0.1, -0.05) is 6.07 Å². The van der Waals surface area contributed by atoms with E-state index in [0.717, 1.165) is 24.5 Å². The van der Waals surface area contributed by atoms with Crippen LogP contribution in [0.5, 0.6) is 5.75 Å². The van der Waals surface area contributed by atoms with Crippen molar-refractivity contribution in [3.63, 3.8) is 0 Å². The zero-order chi connectivity index (χ0) is 14.5. The molecule has 1 aliphatic heterocycles. The Labute approximate surface area is 119 Å². The van der Waals surface area contributed by atoms with Gasteiger partial charge < -0.3 is 14.8 Å². The lowest BCUT2D eigenvalue weighted by Gasteiger charge is -2.34. The highest BCUT2D eigenvalue weighted by Crippen LogP contribution is 2.17. The molecule has 2 atom stereocenters. The van der Waals surface area contributed by atoms with E-state index in [9.17, 15) is 4.79 Å². The van der Waals surface area contributed by atoms with Crippen molar-refractivity contribution in [1.29, 1.82) is 0 Å². The largest absolute Gasteiger partial charge is 0.497 e. The maximum Gasteiger partial charge on any atom is 0.238 e. The molecule has 1 N–H and O–H groups in total. The third-order valence-electron chi connectivity index (χ3n) is 3.22. The Hall–Kier alpha value is -1.59. The highest BCUT2D eigenvalue weighted by atomic mass is 16.5. The van der Waals surface area contributed by atoms with Gasteiger partial charge in [-0.15, -0.1) is 0 Å². The molecule has 1 saturated heterocycles. The molecule has 110 valence electrons. The standard InChI is InChI=1S/C15H22N2O3/c1-11-8-17(9-12(2)20-11)10-15(18)16-13-5-4-6-14(7-13)19-3/h4-7,11-12H,8-10H2,1-3H3,(H,16,18)/t11-,12-/m0/s1. The van der Waals surface area contributed by atoms with Crippen molar-refractivity contribution < 1.29 is 14.3 Å². The lowest BCUT2D eigenvalue weighted by molar-refractivity contribution is -0.121. The number of benzene rings is 1. The lowest BCUT2D eigenvalue weighted by atomic mass is 10.2. The molecule has 1 aliphatic rings. The molecule has 0 spiro atoms. The SMILES string of the molecule is COc1cccc(NC(=O)CN2C[C@H](C)O[C@@H](C)C2)c1. The lowest BCUT2D eigenvalue weighted by Crippen LogP contribution is -2.48. The second-order valence-corrected chi connectivity index (χ2v) is 5.23. The van der Waals surface area contributed by atoms with Crippen molar-refractivity contribution >= 4 is 11.6 Å². The molecule has 20 heavy (non-hydrogen) atoms. The predicted octanol–water partition coefficient (Wildman–Crippen LogP) is 1.74. The van der Waals surface area contributed by atoms with E-state index in [-0.39, 0.29) is 18.1 Å². The summed E-state index contributed by atoms with van der Waals surface area (Å²) in [6, 6.07) is 7.36. The first kappa shape index (κ1) is 14.8. The minimum Gasteiger partial charge on any atom is -0.497 e. The molecule has 1 aromatic carbocycles. The van der Waals surface area contributed by atoms with Crippen LogP contribution >= 0.6 is 0 Å². The fourth-order valence-corrected chi connectivity index (χ4v) is 2.52. The molecule has 1 fully saturated rings. The first-order valence-electron chi connectivity index (χ1n) is 6.88. The van der Waals surface area contributed by atoms with Crippen molar-refractivity contribution in [2.45, 2.75) is 26.1 Å². The highest BCUT2D eigenvalue weighted by Gasteiger charge is 2.23. The maximum atomic E-state index is 12.1. The smallest absolute Gasteiger partial charge is 0.238 e. The Morgan fingerprint density at radius 1 is 1.40 bits per heavy atom. The van der Waals surface area contributed by atoms with Gasteiger partial charge >= 0.3 is 0 Å². The summed E-state index contributed by atoms with van der Waals surface area (Å²) in [4.78, 5) is 14.2. The fraction of sp³-hybridized carbons (Fsp3) is 0.533. The van der Waals surface area contributed by atoms with E-state index >= 15 is 0 Å². The molecule has 0 radical (unpaired) electrons. The molecule has 0 saturated carbocycles. The summed E-state index contributed by atoms with van der Waals surface area (Å²) in [5, 5.41) is 2.89. The number of anilines is 1. The third-order valence-corrected chi connectivity index (χ3v) is 3.22. The number of rotatable bonds is 4. The van der Waals surface area contributed by atoms with Gasteiger partial charge in [-0.25, -0.2) is 0 Å². The van der Waals surface area contributed by atoms with Crippen LogP contribution in [0.4, 0.5) is 5.69 Å². The zero-order valence-electron chi connectivity index (χ0n) is 12.3. The number of carbonyl (C=O) groups excluding carboxylic acids is 1. The Balaban J connectivity index is 1.88. The molecule has 1 heterocycles. The normalized spacial score (nSPS) is 23.4. The van der Waals surface area contributed by atoms with Gasteiger partial charge in [-0.3, -0.25) is 9.69 Å². The molecular formula is C15H22N2O3. The molecule has 2 rings (SSSR count). The summed E-state index contributed by atoms with van der Waals surface area (Å²) < 4.78 is 10.8. The third kappa shape index (κ3) is 4.21. The molecule has 0 aromatic heterocycles. The van der Waals surface area contributed by atoms with Gasteiger partial charge in [0.05, 0.1) is 25.9 Å². The van der Waals surface area contributed by atoms with Crippen molar-refractivity contribution in [3.8, 4) is 5.75 Å². The van der Waals surface area contributed by atoms with Crippen LogP contribution in [0.15, 0.2) is 24.3 Å². The Morgan fingerprint density at radius 2 is 2.10 bits per heavy atom. The molecule has 0 aliphatic carbocycles. The number of carbonyl (C=O) groups is 1. The van der Waals surface area contributed by atoms with Gasteiger partial charge in [0.15, 0.2) is 0 Å². The van der Waals surface area contributed by atoms with E-state index in [1.54, 1.807) is 7.11 Å². The number of morpholine rings is 1. The molecule has 0 bridgehead atoms. The van der Waals surface area contributed by atoms with Crippen LogP contribution in [0.2, 0.25) is 0 Å². The monoisotopic (exact) mass is 278 g/mol. The number of hydrogen-bond donors (Lipinski definition) is 1. The van der Waals surface area contributed by atoms with Crippen LogP contribution in [-0.2, 0) is 9.53 Å². The number of methoxy groups -OCH3 is 1. The number of amides is 1. The second kappa shape index (κ2) is 6.72. The Kier molecular flexibility index (Phi) is 4.98. The zero-order valence-corrected chi connectivity index (χ0v) is 12.3. The average Bonchev–Trinajstić information content (AvgIpc) is 2.37. The van der Waals surface area contributed by atoms with Crippen LogP contribution in [0, 0.1) is 0 Å². The molecule has 5 nitrogen and oxygen atoms in total. The van der Waals surface area contributed by atoms with E-state index in [4.69, 9.17) is 9.47 Å². The van der Waals surface area contributed by atoms with E-state index in [1.807, 2.05) is 38.1 Å². The van der Waals surface area contributed by atoms with Crippen molar-refractivity contribution in [1.82, 2.24) is 4.90 Å². The molecule has 1 amide bonds. The summed E-state index contributed by atoms with van der Waals surface area (Å²) in [6.07, 6.45) is 0.340. The minimum absolute atomic E-state index is 0.0143. The molecule has 5 heteroatoms. The van der Waals surface area contributed by atoms with Crippen LogP contribution in [0.1, 0.15) is 13.8 Å². The Bertz CT molecular complexity index is 454. The van der Waals surface area contributed by atoms with Crippen molar-refractivity contribution in [3.05, 3.63) is 24.3 Å². The van der Waals surface area contributed by atoms with Crippen LogP contribution in [-0.4, -0.2) is 49.8 Å². The van der Waals surface area contributed by atoms with Gasteiger partial charge in [0.2, 0.25) is 5.91 Å². The van der Waals surface area contributed by atoms with Gasteiger partial charge in [-0.2, -0.15) is 0 Å². The van der Waals surface area contributed by atoms with Gasteiger partial charge in [-0.05, 0) is 26.0 Å². The van der Waals surface area contributed by atoms with Gasteiger partial charge in [0.25, 0.3) is 0 Å². The average molecular weight is 278 g/mol. The first-order valence-corrected chi connectivity index (χ1v) is 6.88. The summed E-state index contributed by atoms with van der Waals surface area (Å²) >= 11 is 0. The highest BCUT2D eigenvalue weighted by molar-refractivity contribution is 5.92. The summed E-state index contributed by atoms with van der Waals surface area (Å²) in [5.41, 5.74) is 0.753. The topological polar surface area (TPSA) is 50.8 Å². The maximum absolute atomic E-state index is 12.1. The van der Waals surface area contributed by atoms with Gasteiger partial charge in [0, 0.05) is 24.8 Å². The predicted molar refractivity (Wildman–Crippen MR) is 78.1 cm³/mol. The number of nitrogens with one attached hydrogen (secondary N) is 1. The van der Waals surface area contributed by atoms with Crippen molar-refractivity contribution in [2.75, 3.05) is 32.1 Å². The fourth-order valence-electron chi connectivity index (χ4n) is 2.52. The van der Waals surface area contributed by atoms with E-state index in [2.05, 4.69) is 10.2 Å². The Morgan fingerprint density at radius 3 is 2.75 bits per heavy atom.